The Morgan fingerprint density at radius 1 is 1.64 bits per heavy atom. The zero-order valence-electron chi connectivity index (χ0n) is 7.58. The fourth-order valence-electron chi connectivity index (χ4n) is 1.49. The molecule has 2 heterocycles. The smallest absolute Gasteiger partial charge is 0.163 e. The second kappa shape index (κ2) is 3.90. The number of hydrogen-bond acceptors (Lipinski definition) is 5. The number of anilines is 1. The molecule has 0 saturated carbocycles. The van der Waals surface area contributed by atoms with Gasteiger partial charge >= 0.3 is 0 Å². The zero-order chi connectivity index (χ0) is 9.97. The predicted octanol–water partition coefficient (Wildman–Crippen LogP) is 0.241. The predicted molar refractivity (Wildman–Crippen MR) is 55.8 cm³/mol. The highest BCUT2D eigenvalue weighted by atomic mass is 32.2. The lowest BCUT2D eigenvalue weighted by Crippen LogP contribution is -2.31. The van der Waals surface area contributed by atoms with Crippen molar-refractivity contribution in [3.05, 3.63) is 11.3 Å². The highest BCUT2D eigenvalue weighted by molar-refractivity contribution is 7.99. The summed E-state index contributed by atoms with van der Waals surface area (Å²) < 4.78 is 0. The van der Waals surface area contributed by atoms with E-state index in [4.69, 9.17) is 11.0 Å². The van der Waals surface area contributed by atoms with E-state index in [1.54, 1.807) is 0 Å². The van der Waals surface area contributed by atoms with E-state index in [2.05, 4.69) is 21.6 Å². The first-order chi connectivity index (χ1) is 6.83. The summed E-state index contributed by atoms with van der Waals surface area (Å²) in [7, 11) is 0. The van der Waals surface area contributed by atoms with Crippen LogP contribution in [0.1, 0.15) is 17.3 Å². The highest BCUT2D eigenvalue weighted by Gasteiger charge is 2.21. The van der Waals surface area contributed by atoms with Crippen LogP contribution in [-0.4, -0.2) is 28.2 Å². The Morgan fingerprint density at radius 3 is 3.14 bits per heavy atom. The standard InChI is InChI=1S/C8H11N5S/c9-3-5-7(12-13-8(5)10)6-4-14-2-1-11-6/h6,11H,1-2,4H2,(H3,10,12,13). The third-order valence-corrected chi connectivity index (χ3v) is 3.27. The molecule has 1 fully saturated rings. The van der Waals surface area contributed by atoms with Gasteiger partial charge in [0.05, 0.1) is 11.7 Å². The molecule has 0 spiro atoms. The quantitative estimate of drug-likeness (QED) is 0.616. The maximum atomic E-state index is 8.89. The highest BCUT2D eigenvalue weighted by Crippen LogP contribution is 2.24. The lowest BCUT2D eigenvalue weighted by molar-refractivity contribution is 0.578. The molecule has 1 saturated heterocycles. The van der Waals surface area contributed by atoms with Crippen LogP contribution in [0.25, 0.3) is 0 Å². The van der Waals surface area contributed by atoms with Gasteiger partial charge in [-0.1, -0.05) is 0 Å². The lowest BCUT2D eigenvalue weighted by Gasteiger charge is -2.21. The Hall–Kier alpha value is -1.19. The largest absolute Gasteiger partial charge is 0.381 e. The summed E-state index contributed by atoms with van der Waals surface area (Å²) in [5, 5.41) is 18.9. The van der Waals surface area contributed by atoms with Crippen molar-refractivity contribution in [2.45, 2.75) is 6.04 Å². The Kier molecular flexibility index (Phi) is 2.61. The molecule has 1 aromatic rings. The summed E-state index contributed by atoms with van der Waals surface area (Å²) in [4.78, 5) is 0. The van der Waals surface area contributed by atoms with Gasteiger partial charge in [0.1, 0.15) is 11.6 Å². The van der Waals surface area contributed by atoms with Crippen LogP contribution >= 0.6 is 11.8 Å². The molecule has 0 bridgehead atoms. The molecule has 0 amide bonds. The zero-order valence-corrected chi connectivity index (χ0v) is 8.40. The van der Waals surface area contributed by atoms with Crippen LogP contribution < -0.4 is 11.1 Å². The summed E-state index contributed by atoms with van der Waals surface area (Å²) >= 11 is 1.87. The molecule has 2 rings (SSSR count). The van der Waals surface area contributed by atoms with Crippen LogP contribution in [-0.2, 0) is 0 Å². The molecule has 4 N–H and O–H groups in total. The molecule has 0 aliphatic carbocycles. The normalized spacial score (nSPS) is 21.8. The number of nitrogens with one attached hydrogen (secondary N) is 2. The molecule has 0 radical (unpaired) electrons. The van der Waals surface area contributed by atoms with Gasteiger partial charge in [0, 0.05) is 18.1 Å². The van der Waals surface area contributed by atoms with Gasteiger partial charge in [-0.25, -0.2) is 0 Å². The van der Waals surface area contributed by atoms with Crippen LogP contribution in [0.5, 0.6) is 0 Å². The van der Waals surface area contributed by atoms with E-state index >= 15 is 0 Å². The maximum Gasteiger partial charge on any atom is 0.163 e. The number of H-pyrrole nitrogens is 1. The number of thioether (sulfide) groups is 1. The average molecular weight is 209 g/mol. The fraction of sp³-hybridized carbons (Fsp3) is 0.500. The van der Waals surface area contributed by atoms with Gasteiger partial charge in [0.25, 0.3) is 0 Å². The number of rotatable bonds is 1. The summed E-state index contributed by atoms with van der Waals surface area (Å²) in [6.45, 7) is 0.957. The Balaban J connectivity index is 2.26. The first kappa shape index (κ1) is 9.37. The van der Waals surface area contributed by atoms with Crippen molar-refractivity contribution in [2.24, 2.45) is 0 Å². The van der Waals surface area contributed by atoms with Crippen LogP contribution in [0.4, 0.5) is 5.82 Å². The minimum Gasteiger partial charge on any atom is -0.381 e. The molecule has 1 atom stereocenters. The minimum atomic E-state index is 0.174. The molecule has 1 unspecified atom stereocenters. The fourth-order valence-corrected chi connectivity index (χ4v) is 2.44. The average Bonchev–Trinajstić information content (AvgIpc) is 2.61. The van der Waals surface area contributed by atoms with Gasteiger partial charge in [-0.05, 0) is 0 Å². The van der Waals surface area contributed by atoms with Crippen LogP contribution in [0.15, 0.2) is 0 Å². The minimum absolute atomic E-state index is 0.174. The molecule has 6 heteroatoms. The summed E-state index contributed by atoms with van der Waals surface area (Å²) in [5.74, 6) is 2.36. The van der Waals surface area contributed by atoms with Gasteiger partial charge in [-0.2, -0.15) is 22.1 Å². The number of nitrogen functional groups attached to an aromatic ring is 1. The van der Waals surface area contributed by atoms with E-state index in [-0.39, 0.29) is 6.04 Å². The third-order valence-electron chi connectivity index (χ3n) is 2.20. The van der Waals surface area contributed by atoms with Gasteiger partial charge in [-0.15, -0.1) is 0 Å². The van der Waals surface area contributed by atoms with Crippen molar-refractivity contribution in [1.82, 2.24) is 15.5 Å². The van der Waals surface area contributed by atoms with E-state index in [0.29, 0.717) is 11.4 Å². The first-order valence-corrected chi connectivity index (χ1v) is 5.53. The molecule has 1 aliphatic heterocycles. The first-order valence-electron chi connectivity index (χ1n) is 4.38. The Bertz CT molecular complexity index is 360. The molecule has 1 aliphatic rings. The maximum absolute atomic E-state index is 8.89. The summed E-state index contributed by atoms with van der Waals surface area (Å²) in [6, 6.07) is 2.25. The second-order valence-electron chi connectivity index (χ2n) is 3.09. The van der Waals surface area contributed by atoms with Gasteiger partial charge in [0.15, 0.2) is 5.82 Å². The monoisotopic (exact) mass is 209 g/mol. The van der Waals surface area contributed by atoms with E-state index in [9.17, 15) is 0 Å². The molecule has 1 aromatic heterocycles. The van der Waals surface area contributed by atoms with E-state index < -0.39 is 0 Å². The van der Waals surface area contributed by atoms with E-state index in [0.717, 1.165) is 23.7 Å². The van der Waals surface area contributed by atoms with Gasteiger partial charge in [-0.3, -0.25) is 5.10 Å². The van der Waals surface area contributed by atoms with Crippen LogP contribution in [0, 0.1) is 11.3 Å². The number of hydrogen-bond donors (Lipinski definition) is 3. The molecule has 74 valence electrons. The van der Waals surface area contributed by atoms with Crippen molar-refractivity contribution in [2.75, 3.05) is 23.8 Å². The van der Waals surface area contributed by atoms with Crippen molar-refractivity contribution in [1.29, 1.82) is 5.26 Å². The molecular weight excluding hydrogens is 198 g/mol. The Morgan fingerprint density at radius 2 is 2.50 bits per heavy atom. The molecular formula is C8H11N5S. The van der Waals surface area contributed by atoms with Crippen LogP contribution in [0.2, 0.25) is 0 Å². The summed E-state index contributed by atoms with van der Waals surface area (Å²) in [5.41, 5.74) is 6.85. The Labute approximate surface area is 86.1 Å². The molecule has 5 nitrogen and oxygen atoms in total. The lowest BCUT2D eigenvalue weighted by atomic mass is 10.1. The van der Waals surface area contributed by atoms with Crippen molar-refractivity contribution < 1.29 is 0 Å². The number of nitrogens with two attached hydrogens (primary N) is 1. The van der Waals surface area contributed by atoms with Crippen molar-refractivity contribution in [3.63, 3.8) is 0 Å². The van der Waals surface area contributed by atoms with E-state index in [1.165, 1.54) is 0 Å². The summed E-state index contributed by atoms with van der Waals surface area (Å²) in [6.07, 6.45) is 0. The molecule has 0 aromatic carbocycles. The SMILES string of the molecule is N#Cc1c(N)n[nH]c1C1CSCCN1. The third kappa shape index (κ3) is 1.56. The number of nitriles is 1. The van der Waals surface area contributed by atoms with Crippen molar-refractivity contribution >= 4 is 17.6 Å². The van der Waals surface area contributed by atoms with Crippen molar-refractivity contribution in [3.8, 4) is 6.07 Å². The second-order valence-corrected chi connectivity index (χ2v) is 4.24. The topological polar surface area (TPSA) is 90.5 Å². The van der Waals surface area contributed by atoms with E-state index in [1.807, 2.05) is 11.8 Å². The number of nitrogens with zero attached hydrogens (tertiary/aromatic N) is 2. The van der Waals surface area contributed by atoms with Gasteiger partial charge < -0.3 is 11.1 Å². The molecule has 14 heavy (non-hydrogen) atoms. The number of aromatic nitrogens is 2. The van der Waals surface area contributed by atoms with Gasteiger partial charge in [0.2, 0.25) is 0 Å². The number of aromatic amines is 1. The van der Waals surface area contributed by atoms with Crippen LogP contribution in [0.3, 0.4) is 0 Å².